The van der Waals surface area contributed by atoms with Crippen LogP contribution in [-0.4, -0.2) is 32.1 Å². The van der Waals surface area contributed by atoms with Gasteiger partial charge in [-0.15, -0.1) is 0 Å². The summed E-state index contributed by atoms with van der Waals surface area (Å²) >= 11 is 3.58. The van der Waals surface area contributed by atoms with Crippen LogP contribution in [0.3, 0.4) is 0 Å². The molecule has 112 valence electrons. The summed E-state index contributed by atoms with van der Waals surface area (Å²) in [6.07, 6.45) is 0. The van der Waals surface area contributed by atoms with Gasteiger partial charge in [0, 0.05) is 24.1 Å². The molecule has 1 aromatic rings. The summed E-state index contributed by atoms with van der Waals surface area (Å²) in [5.74, 6) is 0.0335. The Hall–Kier alpha value is -1.07. The lowest BCUT2D eigenvalue weighted by Gasteiger charge is -2.21. The van der Waals surface area contributed by atoms with Crippen LogP contribution in [0.4, 0.5) is 5.69 Å². The first-order valence-electron chi connectivity index (χ1n) is 6.93. The summed E-state index contributed by atoms with van der Waals surface area (Å²) in [4.78, 5) is 13.7. The highest BCUT2D eigenvalue weighted by atomic mass is 79.9. The van der Waals surface area contributed by atoms with Crippen molar-refractivity contribution >= 4 is 27.5 Å². The molecule has 0 spiro atoms. The Morgan fingerprint density at radius 1 is 1.40 bits per heavy atom. The Morgan fingerprint density at radius 3 is 2.65 bits per heavy atom. The number of nitrogens with one attached hydrogen (secondary N) is 2. The number of hydrogen-bond acceptors (Lipinski definition) is 3. The zero-order chi connectivity index (χ0) is 15.1. The minimum atomic E-state index is 0.0335. The lowest BCUT2D eigenvalue weighted by molar-refractivity contribution is -0.120. The first-order chi connectivity index (χ1) is 9.43. The van der Waals surface area contributed by atoms with E-state index in [0.717, 1.165) is 23.2 Å². The van der Waals surface area contributed by atoms with Gasteiger partial charge in [-0.25, -0.2) is 0 Å². The van der Waals surface area contributed by atoms with Gasteiger partial charge in [0.1, 0.15) is 0 Å². The predicted molar refractivity (Wildman–Crippen MR) is 88.1 cm³/mol. The third-order valence-electron chi connectivity index (χ3n) is 2.83. The smallest absolute Gasteiger partial charge is 0.239 e. The van der Waals surface area contributed by atoms with Gasteiger partial charge in [0.05, 0.1) is 12.2 Å². The molecule has 0 unspecified atom stereocenters. The van der Waals surface area contributed by atoms with Crippen LogP contribution in [0.1, 0.15) is 26.3 Å². The molecule has 0 saturated heterocycles. The molecule has 0 atom stereocenters. The van der Waals surface area contributed by atoms with E-state index in [9.17, 15) is 4.79 Å². The highest BCUT2D eigenvalue weighted by Crippen LogP contribution is 2.26. The number of halogens is 1. The molecule has 1 aromatic carbocycles. The maximum atomic E-state index is 11.8. The molecule has 0 saturated carbocycles. The average molecular weight is 342 g/mol. The molecular formula is C15H24BrN3O. The first-order valence-corrected chi connectivity index (χ1v) is 7.73. The molecule has 0 radical (unpaired) electrons. The van der Waals surface area contributed by atoms with E-state index in [4.69, 9.17) is 0 Å². The zero-order valence-corrected chi connectivity index (χ0v) is 14.3. The maximum Gasteiger partial charge on any atom is 0.239 e. The second-order valence-electron chi connectivity index (χ2n) is 5.14. The van der Waals surface area contributed by atoms with Crippen molar-refractivity contribution in [1.82, 2.24) is 10.6 Å². The first kappa shape index (κ1) is 17.0. The van der Waals surface area contributed by atoms with Gasteiger partial charge in [-0.05, 0) is 54.0 Å². The monoisotopic (exact) mass is 341 g/mol. The molecule has 4 nitrogen and oxygen atoms in total. The predicted octanol–water partition coefficient (Wildman–Crippen LogP) is 2.52. The van der Waals surface area contributed by atoms with Gasteiger partial charge >= 0.3 is 0 Å². The second kappa shape index (κ2) is 8.27. The van der Waals surface area contributed by atoms with Gasteiger partial charge in [-0.3, -0.25) is 4.79 Å². The SMILES string of the molecule is CCNCc1ccc(N(C)CC(=O)NC(C)C)c(Br)c1. The summed E-state index contributed by atoms with van der Waals surface area (Å²) in [5.41, 5.74) is 2.24. The van der Waals surface area contributed by atoms with Crippen LogP contribution in [0.25, 0.3) is 0 Å². The van der Waals surface area contributed by atoms with E-state index in [1.807, 2.05) is 31.9 Å². The summed E-state index contributed by atoms with van der Waals surface area (Å²) < 4.78 is 1.01. The Balaban J connectivity index is 2.68. The van der Waals surface area contributed by atoms with Gasteiger partial charge in [-0.2, -0.15) is 0 Å². The average Bonchev–Trinajstić information content (AvgIpc) is 2.35. The van der Waals surface area contributed by atoms with Crippen molar-refractivity contribution in [2.75, 3.05) is 25.0 Å². The molecule has 0 heterocycles. The van der Waals surface area contributed by atoms with Crippen molar-refractivity contribution in [2.24, 2.45) is 0 Å². The van der Waals surface area contributed by atoms with Crippen molar-refractivity contribution in [3.8, 4) is 0 Å². The van der Waals surface area contributed by atoms with Gasteiger partial charge in [-0.1, -0.05) is 13.0 Å². The van der Waals surface area contributed by atoms with E-state index in [1.54, 1.807) is 0 Å². The number of carbonyl (C=O) groups excluding carboxylic acids is 1. The lowest BCUT2D eigenvalue weighted by atomic mass is 10.2. The molecule has 0 aliphatic heterocycles. The fourth-order valence-electron chi connectivity index (χ4n) is 1.91. The molecule has 0 bridgehead atoms. The van der Waals surface area contributed by atoms with Crippen LogP contribution in [0.2, 0.25) is 0 Å². The second-order valence-corrected chi connectivity index (χ2v) is 6.00. The quantitative estimate of drug-likeness (QED) is 0.800. The molecular weight excluding hydrogens is 318 g/mol. The van der Waals surface area contributed by atoms with E-state index >= 15 is 0 Å². The van der Waals surface area contributed by atoms with Crippen molar-refractivity contribution in [2.45, 2.75) is 33.4 Å². The Bertz CT molecular complexity index is 449. The van der Waals surface area contributed by atoms with E-state index in [-0.39, 0.29) is 11.9 Å². The van der Waals surface area contributed by atoms with E-state index in [2.05, 4.69) is 45.6 Å². The fraction of sp³-hybridized carbons (Fsp3) is 0.533. The normalized spacial score (nSPS) is 10.7. The molecule has 5 heteroatoms. The third-order valence-corrected chi connectivity index (χ3v) is 3.47. The van der Waals surface area contributed by atoms with Crippen LogP contribution in [0, 0.1) is 0 Å². The number of likely N-dealkylation sites (N-methyl/N-ethyl adjacent to an activating group) is 1. The van der Waals surface area contributed by atoms with Gasteiger partial charge in [0.2, 0.25) is 5.91 Å². The van der Waals surface area contributed by atoms with Crippen LogP contribution in [0.5, 0.6) is 0 Å². The van der Waals surface area contributed by atoms with Gasteiger partial charge in [0.25, 0.3) is 0 Å². The Labute approximate surface area is 130 Å². The molecule has 20 heavy (non-hydrogen) atoms. The van der Waals surface area contributed by atoms with E-state index in [1.165, 1.54) is 5.56 Å². The summed E-state index contributed by atoms with van der Waals surface area (Å²) in [6.45, 7) is 8.17. The number of anilines is 1. The Kier molecular flexibility index (Phi) is 7.02. The number of amides is 1. The van der Waals surface area contributed by atoms with Crippen molar-refractivity contribution in [1.29, 1.82) is 0 Å². The zero-order valence-electron chi connectivity index (χ0n) is 12.7. The van der Waals surface area contributed by atoms with Crippen LogP contribution < -0.4 is 15.5 Å². The van der Waals surface area contributed by atoms with E-state index in [0.29, 0.717) is 6.54 Å². The van der Waals surface area contributed by atoms with Gasteiger partial charge < -0.3 is 15.5 Å². The van der Waals surface area contributed by atoms with Gasteiger partial charge in [0.15, 0.2) is 0 Å². The number of nitrogens with zero attached hydrogens (tertiary/aromatic N) is 1. The maximum absolute atomic E-state index is 11.8. The number of benzene rings is 1. The fourth-order valence-corrected chi connectivity index (χ4v) is 2.64. The Morgan fingerprint density at radius 2 is 2.10 bits per heavy atom. The standard InChI is InChI=1S/C15H24BrN3O/c1-5-17-9-12-6-7-14(13(16)8-12)19(4)10-15(20)18-11(2)3/h6-8,11,17H,5,9-10H2,1-4H3,(H,18,20). The molecule has 1 rings (SSSR count). The minimum Gasteiger partial charge on any atom is -0.364 e. The third kappa shape index (κ3) is 5.51. The summed E-state index contributed by atoms with van der Waals surface area (Å²) in [6, 6.07) is 6.38. The topological polar surface area (TPSA) is 44.4 Å². The lowest BCUT2D eigenvalue weighted by Crippen LogP contribution is -2.38. The largest absolute Gasteiger partial charge is 0.364 e. The molecule has 0 aliphatic rings. The molecule has 0 aromatic heterocycles. The van der Waals surface area contributed by atoms with Crippen molar-refractivity contribution in [3.05, 3.63) is 28.2 Å². The van der Waals surface area contributed by atoms with Crippen molar-refractivity contribution in [3.63, 3.8) is 0 Å². The minimum absolute atomic E-state index is 0.0335. The number of hydrogen-bond donors (Lipinski definition) is 2. The highest BCUT2D eigenvalue weighted by Gasteiger charge is 2.11. The van der Waals surface area contributed by atoms with E-state index < -0.39 is 0 Å². The number of rotatable bonds is 7. The van der Waals surface area contributed by atoms with Crippen LogP contribution in [-0.2, 0) is 11.3 Å². The van der Waals surface area contributed by atoms with Crippen LogP contribution >= 0.6 is 15.9 Å². The molecule has 2 N–H and O–H groups in total. The molecule has 0 aliphatic carbocycles. The summed E-state index contributed by atoms with van der Waals surface area (Å²) in [7, 11) is 1.92. The summed E-state index contributed by atoms with van der Waals surface area (Å²) in [5, 5.41) is 6.19. The highest BCUT2D eigenvalue weighted by molar-refractivity contribution is 9.10. The molecule has 1 amide bonds. The van der Waals surface area contributed by atoms with Crippen molar-refractivity contribution < 1.29 is 4.79 Å². The van der Waals surface area contributed by atoms with Crippen LogP contribution in [0.15, 0.2) is 22.7 Å². The molecule has 0 fully saturated rings. The number of carbonyl (C=O) groups is 1.